The molecule has 1 aliphatic carbocycles. The molecule has 0 aromatic heterocycles. The van der Waals surface area contributed by atoms with Crippen molar-refractivity contribution in [2.45, 2.75) is 44.6 Å². The van der Waals surface area contributed by atoms with Gasteiger partial charge in [-0.05, 0) is 12.8 Å². The number of hydrogen-bond donors (Lipinski definition) is 1. The van der Waals surface area contributed by atoms with Gasteiger partial charge in [0, 0.05) is 25.4 Å². The molecule has 3 heteroatoms. The lowest BCUT2D eigenvalue weighted by molar-refractivity contribution is -0.133. The first-order chi connectivity index (χ1) is 7.29. The van der Waals surface area contributed by atoms with Gasteiger partial charge in [0.1, 0.15) is 0 Å². The monoisotopic (exact) mass is 209 g/mol. The summed E-state index contributed by atoms with van der Waals surface area (Å²) >= 11 is 0. The van der Waals surface area contributed by atoms with Gasteiger partial charge in [0.2, 0.25) is 5.91 Å². The van der Waals surface area contributed by atoms with Crippen molar-refractivity contribution in [3.05, 3.63) is 0 Å². The predicted molar refractivity (Wildman–Crippen MR) is 59.1 cm³/mol. The number of carbonyl (C=O) groups is 1. The van der Waals surface area contributed by atoms with Gasteiger partial charge >= 0.3 is 0 Å². The molecule has 0 heterocycles. The molecule has 1 rings (SSSR count). The fraction of sp³-hybridized carbons (Fsp3) is 0.750. The zero-order chi connectivity index (χ0) is 11.1. The van der Waals surface area contributed by atoms with E-state index in [1.54, 1.807) is 0 Å². The van der Waals surface area contributed by atoms with E-state index in [2.05, 4.69) is 5.92 Å². The number of rotatable bonds is 5. The molecule has 1 N–H and O–H groups in total. The quantitative estimate of drug-likeness (QED) is 0.690. The number of aliphatic hydroxyl groups excluding tert-OH is 1. The van der Waals surface area contributed by atoms with E-state index in [0.717, 1.165) is 12.8 Å². The molecule has 0 bridgehead atoms. The van der Waals surface area contributed by atoms with E-state index in [-0.39, 0.29) is 12.5 Å². The maximum atomic E-state index is 11.8. The van der Waals surface area contributed by atoms with Crippen molar-refractivity contribution in [1.29, 1.82) is 0 Å². The minimum Gasteiger partial charge on any atom is -0.395 e. The summed E-state index contributed by atoms with van der Waals surface area (Å²) in [6.45, 7) is 0.492. The van der Waals surface area contributed by atoms with Gasteiger partial charge in [0.15, 0.2) is 0 Å². The Morgan fingerprint density at radius 1 is 1.47 bits per heavy atom. The zero-order valence-corrected chi connectivity index (χ0v) is 9.11. The lowest BCUT2D eigenvalue weighted by Crippen LogP contribution is -2.40. The predicted octanol–water partition coefficient (Wildman–Crippen LogP) is 1.16. The van der Waals surface area contributed by atoms with E-state index in [9.17, 15) is 4.79 Å². The van der Waals surface area contributed by atoms with Crippen molar-refractivity contribution in [3.63, 3.8) is 0 Å². The van der Waals surface area contributed by atoms with Gasteiger partial charge in [-0.25, -0.2) is 0 Å². The average Bonchev–Trinajstić information content (AvgIpc) is 2.75. The molecule has 0 spiro atoms. The fourth-order valence-electron chi connectivity index (χ4n) is 2.16. The first-order valence-corrected chi connectivity index (χ1v) is 5.63. The SMILES string of the molecule is C#CCCC(=O)N(CCO)C1CCCC1. The lowest BCUT2D eigenvalue weighted by Gasteiger charge is -2.28. The molecule has 0 aromatic rings. The second-order valence-corrected chi connectivity index (χ2v) is 3.95. The second kappa shape index (κ2) is 6.47. The fourth-order valence-corrected chi connectivity index (χ4v) is 2.16. The van der Waals surface area contributed by atoms with E-state index in [1.165, 1.54) is 12.8 Å². The Morgan fingerprint density at radius 2 is 2.13 bits per heavy atom. The van der Waals surface area contributed by atoms with Crippen molar-refractivity contribution in [2.24, 2.45) is 0 Å². The van der Waals surface area contributed by atoms with Crippen LogP contribution in [0.1, 0.15) is 38.5 Å². The molecule has 1 aliphatic rings. The Kier molecular flexibility index (Phi) is 5.20. The summed E-state index contributed by atoms with van der Waals surface area (Å²) in [5, 5.41) is 8.94. The number of aliphatic hydroxyl groups is 1. The highest BCUT2D eigenvalue weighted by molar-refractivity contribution is 5.76. The molecule has 0 saturated heterocycles. The standard InChI is InChI=1S/C12H19NO2/c1-2-3-8-12(15)13(9-10-14)11-6-4-5-7-11/h1,11,14H,3-10H2. The molecule has 15 heavy (non-hydrogen) atoms. The largest absolute Gasteiger partial charge is 0.395 e. The van der Waals surface area contributed by atoms with Crippen molar-refractivity contribution >= 4 is 5.91 Å². The molecular weight excluding hydrogens is 190 g/mol. The van der Waals surface area contributed by atoms with Crippen LogP contribution >= 0.6 is 0 Å². The Bertz CT molecular complexity index is 238. The molecule has 3 nitrogen and oxygen atoms in total. The topological polar surface area (TPSA) is 40.5 Å². The highest BCUT2D eigenvalue weighted by atomic mass is 16.3. The number of nitrogens with zero attached hydrogens (tertiary/aromatic N) is 1. The molecule has 0 radical (unpaired) electrons. The molecule has 84 valence electrons. The van der Waals surface area contributed by atoms with Crippen molar-refractivity contribution < 1.29 is 9.90 Å². The number of hydrogen-bond acceptors (Lipinski definition) is 2. The first kappa shape index (κ1) is 12.1. The third-order valence-corrected chi connectivity index (χ3v) is 2.91. The van der Waals surface area contributed by atoms with Crippen LogP contribution in [0, 0.1) is 12.3 Å². The first-order valence-electron chi connectivity index (χ1n) is 5.63. The zero-order valence-electron chi connectivity index (χ0n) is 9.11. The molecule has 0 aromatic carbocycles. The summed E-state index contributed by atoms with van der Waals surface area (Å²) in [4.78, 5) is 13.6. The summed E-state index contributed by atoms with van der Waals surface area (Å²) in [6.07, 6.45) is 10.6. The van der Waals surface area contributed by atoms with Crippen molar-refractivity contribution in [2.75, 3.05) is 13.2 Å². The maximum absolute atomic E-state index is 11.8. The number of carbonyl (C=O) groups excluding carboxylic acids is 1. The molecule has 1 saturated carbocycles. The normalized spacial score (nSPS) is 16.3. The molecule has 1 amide bonds. The van der Waals surface area contributed by atoms with Crippen LogP contribution in [0.25, 0.3) is 0 Å². The van der Waals surface area contributed by atoms with Gasteiger partial charge in [0.25, 0.3) is 0 Å². The number of amides is 1. The van der Waals surface area contributed by atoms with Crippen molar-refractivity contribution in [3.8, 4) is 12.3 Å². The van der Waals surface area contributed by atoms with Gasteiger partial charge in [-0.2, -0.15) is 0 Å². The van der Waals surface area contributed by atoms with Crippen LogP contribution < -0.4 is 0 Å². The molecular formula is C12H19NO2. The Hall–Kier alpha value is -1.01. The minimum atomic E-state index is 0.0400. The van der Waals surface area contributed by atoms with Gasteiger partial charge < -0.3 is 10.0 Å². The van der Waals surface area contributed by atoms with Crippen LogP contribution in [0.15, 0.2) is 0 Å². The minimum absolute atomic E-state index is 0.0400. The van der Waals surface area contributed by atoms with E-state index >= 15 is 0 Å². The molecule has 0 unspecified atom stereocenters. The Morgan fingerprint density at radius 3 is 2.67 bits per heavy atom. The summed E-state index contributed by atoms with van der Waals surface area (Å²) < 4.78 is 0. The molecule has 0 aliphatic heterocycles. The number of terminal acetylenes is 1. The van der Waals surface area contributed by atoms with Gasteiger partial charge in [-0.3, -0.25) is 4.79 Å². The highest BCUT2D eigenvalue weighted by Gasteiger charge is 2.25. The van der Waals surface area contributed by atoms with E-state index in [4.69, 9.17) is 11.5 Å². The van der Waals surface area contributed by atoms with Crippen LogP contribution in [-0.4, -0.2) is 35.1 Å². The smallest absolute Gasteiger partial charge is 0.223 e. The second-order valence-electron chi connectivity index (χ2n) is 3.95. The summed E-state index contributed by atoms with van der Waals surface area (Å²) in [6, 6.07) is 0.336. The van der Waals surface area contributed by atoms with Crippen LogP contribution in [0.4, 0.5) is 0 Å². The maximum Gasteiger partial charge on any atom is 0.223 e. The van der Waals surface area contributed by atoms with Gasteiger partial charge in [-0.15, -0.1) is 12.3 Å². The van der Waals surface area contributed by atoms with E-state index in [0.29, 0.717) is 25.4 Å². The third-order valence-electron chi connectivity index (χ3n) is 2.91. The van der Waals surface area contributed by atoms with E-state index < -0.39 is 0 Å². The summed E-state index contributed by atoms with van der Waals surface area (Å²) in [5.41, 5.74) is 0. The molecule has 1 fully saturated rings. The van der Waals surface area contributed by atoms with E-state index in [1.807, 2.05) is 4.90 Å². The lowest BCUT2D eigenvalue weighted by atomic mass is 10.2. The van der Waals surface area contributed by atoms with Crippen LogP contribution in [0.2, 0.25) is 0 Å². The van der Waals surface area contributed by atoms with Gasteiger partial charge in [0.05, 0.1) is 6.61 Å². The van der Waals surface area contributed by atoms with Crippen LogP contribution in [0.5, 0.6) is 0 Å². The van der Waals surface area contributed by atoms with Crippen LogP contribution in [0.3, 0.4) is 0 Å². The van der Waals surface area contributed by atoms with Crippen molar-refractivity contribution in [1.82, 2.24) is 4.90 Å². The highest BCUT2D eigenvalue weighted by Crippen LogP contribution is 2.23. The van der Waals surface area contributed by atoms with Gasteiger partial charge in [-0.1, -0.05) is 12.8 Å². The Balaban J connectivity index is 2.48. The Labute approximate surface area is 91.5 Å². The average molecular weight is 209 g/mol. The summed E-state index contributed by atoms with van der Waals surface area (Å²) in [5.74, 6) is 2.57. The molecule has 0 atom stereocenters. The third kappa shape index (κ3) is 3.56. The summed E-state index contributed by atoms with van der Waals surface area (Å²) in [7, 11) is 0. The van der Waals surface area contributed by atoms with Crippen LogP contribution in [-0.2, 0) is 4.79 Å².